The molecule has 1 aliphatic heterocycles. The maximum atomic E-state index is 13.3. The van der Waals surface area contributed by atoms with Crippen molar-refractivity contribution in [2.24, 2.45) is 7.05 Å². The molecular formula is C17H20F3N5O2. The molecule has 1 fully saturated rings. The van der Waals surface area contributed by atoms with Crippen LogP contribution in [0.25, 0.3) is 11.3 Å². The van der Waals surface area contributed by atoms with Crippen LogP contribution in [0.2, 0.25) is 0 Å². The molecule has 0 bridgehead atoms. The highest BCUT2D eigenvalue weighted by molar-refractivity contribution is 5.93. The standard InChI is InChI=1S/C17H20F3N5O2/c1-25-10-11(9-22-25)15-13(5-2-6-21-15)23-16(26)24-14(17(18,19)20)8-12-4-3-7-27-12/h2,5-6,9-10,12,14H,3-4,7-8H2,1H3,(H2,23,24,26). The molecule has 0 aliphatic carbocycles. The number of anilines is 1. The number of hydrogen-bond donors (Lipinski definition) is 2. The van der Waals surface area contributed by atoms with Crippen LogP contribution in [0.3, 0.4) is 0 Å². The molecule has 1 saturated heterocycles. The quantitative estimate of drug-likeness (QED) is 0.831. The summed E-state index contributed by atoms with van der Waals surface area (Å²) in [7, 11) is 1.73. The second-order valence-electron chi connectivity index (χ2n) is 6.37. The van der Waals surface area contributed by atoms with E-state index in [1.165, 1.54) is 6.20 Å². The lowest BCUT2D eigenvalue weighted by Gasteiger charge is -2.24. The maximum Gasteiger partial charge on any atom is 0.408 e. The third-order valence-corrected chi connectivity index (χ3v) is 4.26. The van der Waals surface area contributed by atoms with E-state index in [2.05, 4.69) is 15.4 Å². The molecule has 0 aromatic carbocycles. The highest BCUT2D eigenvalue weighted by Crippen LogP contribution is 2.28. The van der Waals surface area contributed by atoms with Gasteiger partial charge in [0.2, 0.25) is 0 Å². The number of pyridine rings is 1. The van der Waals surface area contributed by atoms with Crippen molar-refractivity contribution in [3.05, 3.63) is 30.7 Å². The Labute approximate surface area is 153 Å². The third kappa shape index (κ3) is 4.97. The number of aromatic nitrogens is 3. The van der Waals surface area contributed by atoms with Crippen molar-refractivity contribution in [3.63, 3.8) is 0 Å². The topological polar surface area (TPSA) is 81.1 Å². The van der Waals surface area contributed by atoms with Gasteiger partial charge < -0.3 is 15.4 Å². The summed E-state index contributed by atoms with van der Waals surface area (Å²) in [6.45, 7) is 0.450. The van der Waals surface area contributed by atoms with Gasteiger partial charge >= 0.3 is 12.2 Å². The molecule has 3 heterocycles. The van der Waals surface area contributed by atoms with E-state index < -0.39 is 24.4 Å². The number of ether oxygens (including phenoxy) is 1. The Balaban J connectivity index is 1.70. The first-order chi connectivity index (χ1) is 12.8. The van der Waals surface area contributed by atoms with Crippen molar-refractivity contribution in [1.82, 2.24) is 20.1 Å². The largest absolute Gasteiger partial charge is 0.408 e. The first-order valence-corrected chi connectivity index (χ1v) is 8.53. The minimum absolute atomic E-state index is 0.293. The van der Waals surface area contributed by atoms with E-state index in [1.54, 1.807) is 36.3 Å². The summed E-state index contributed by atoms with van der Waals surface area (Å²) >= 11 is 0. The van der Waals surface area contributed by atoms with Gasteiger partial charge in [0.15, 0.2) is 0 Å². The lowest BCUT2D eigenvalue weighted by molar-refractivity contribution is -0.159. The van der Waals surface area contributed by atoms with Gasteiger partial charge in [-0.05, 0) is 25.0 Å². The fourth-order valence-electron chi connectivity index (χ4n) is 2.96. The van der Waals surface area contributed by atoms with Crippen molar-refractivity contribution in [3.8, 4) is 11.3 Å². The van der Waals surface area contributed by atoms with E-state index in [9.17, 15) is 18.0 Å². The van der Waals surface area contributed by atoms with E-state index in [-0.39, 0.29) is 6.42 Å². The summed E-state index contributed by atoms with van der Waals surface area (Å²) in [6.07, 6.45) is 0.699. The summed E-state index contributed by atoms with van der Waals surface area (Å²) in [5.41, 5.74) is 1.35. The normalized spacial score (nSPS) is 18.3. The second kappa shape index (κ2) is 7.95. The Morgan fingerprint density at radius 1 is 1.48 bits per heavy atom. The minimum atomic E-state index is -4.57. The number of carbonyl (C=O) groups excluding carboxylic acids is 1. The van der Waals surface area contributed by atoms with Gasteiger partial charge in [-0.15, -0.1) is 0 Å². The van der Waals surface area contributed by atoms with E-state index in [0.717, 1.165) is 6.42 Å². The van der Waals surface area contributed by atoms with Gasteiger partial charge in [-0.2, -0.15) is 18.3 Å². The number of hydrogen-bond acceptors (Lipinski definition) is 4. The molecule has 27 heavy (non-hydrogen) atoms. The highest BCUT2D eigenvalue weighted by atomic mass is 19.4. The van der Waals surface area contributed by atoms with Gasteiger partial charge in [0, 0.05) is 38.0 Å². The second-order valence-corrected chi connectivity index (χ2v) is 6.37. The summed E-state index contributed by atoms with van der Waals surface area (Å²) in [6, 6.07) is 0.216. The van der Waals surface area contributed by atoms with Gasteiger partial charge in [0.1, 0.15) is 6.04 Å². The number of urea groups is 1. The van der Waals surface area contributed by atoms with Gasteiger partial charge in [-0.25, -0.2) is 4.79 Å². The number of aryl methyl sites for hydroxylation is 1. The number of carbonyl (C=O) groups is 1. The van der Waals surface area contributed by atoms with Crippen molar-refractivity contribution in [1.29, 1.82) is 0 Å². The molecule has 0 spiro atoms. The summed E-state index contributed by atoms with van der Waals surface area (Å²) in [5, 5.41) is 8.50. The highest BCUT2D eigenvalue weighted by Gasteiger charge is 2.42. The Bertz CT molecular complexity index is 787. The predicted molar refractivity (Wildman–Crippen MR) is 92.0 cm³/mol. The van der Waals surface area contributed by atoms with Gasteiger partial charge in [0.25, 0.3) is 0 Å². The maximum absolute atomic E-state index is 13.3. The molecule has 2 aromatic rings. The molecule has 2 unspecified atom stereocenters. The fourth-order valence-corrected chi connectivity index (χ4v) is 2.96. The molecule has 2 N–H and O–H groups in total. The Morgan fingerprint density at radius 2 is 2.30 bits per heavy atom. The summed E-state index contributed by atoms with van der Waals surface area (Å²) in [4.78, 5) is 16.4. The lowest BCUT2D eigenvalue weighted by Crippen LogP contribution is -2.48. The summed E-state index contributed by atoms with van der Waals surface area (Å²) in [5.74, 6) is 0. The SMILES string of the molecule is Cn1cc(-c2ncccc2NC(=O)NC(CC2CCCO2)C(F)(F)F)cn1. The number of halogens is 3. The molecule has 1 aliphatic rings. The molecule has 2 amide bonds. The molecule has 0 saturated carbocycles. The Morgan fingerprint density at radius 3 is 2.93 bits per heavy atom. The predicted octanol–water partition coefficient (Wildman–Crippen LogP) is 3.10. The lowest BCUT2D eigenvalue weighted by atomic mass is 10.1. The zero-order valence-corrected chi connectivity index (χ0v) is 14.7. The number of amides is 2. The zero-order valence-electron chi connectivity index (χ0n) is 14.7. The molecule has 146 valence electrons. The number of rotatable bonds is 5. The van der Waals surface area contributed by atoms with Crippen molar-refractivity contribution in [2.45, 2.75) is 37.6 Å². The number of nitrogens with zero attached hydrogens (tertiary/aromatic N) is 3. The molecule has 7 nitrogen and oxygen atoms in total. The van der Waals surface area contributed by atoms with Crippen LogP contribution < -0.4 is 10.6 Å². The van der Waals surface area contributed by atoms with E-state index >= 15 is 0 Å². The molecule has 10 heteroatoms. The number of nitrogens with one attached hydrogen (secondary N) is 2. The van der Waals surface area contributed by atoms with Gasteiger partial charge in [-0.3, -0.25) is 9.67 Å². The smallest absolute Gasteiger partial charge is 0.378 e. The van der Waals surface area contributed by atoms with Crippen LogP contribution in [0, 0.1) is 0 Å². The van der Waals surface area contributed by atoms with Crippen LogP contribution in [0.5, 0.6) is 0 Å². The van der Waals surface area contributed by atoms with Crippen molar-refractivity contribution in [2.75, 3.05) is 11.9 Å². The average Bonchev–Trinajstić information content (AvgIpc) is 3.25. The van der Waals surface area contributed by atoms with E-state index in [1.807, 2.05) is 5.32 Å². The van der Waals surface area contributed by atoms with Crippen LogP contribution in [-0.2, 0) is 11.8 Å². The van der Waals surface area contributed by atoms with Crippen molar-refractivity contribution < 1.29 is 22.7 Å². The average molecular weight is 383 g/mol. The molecule has 0 radical (unpaired) electrons. The van der Waals surface area contributed by atoms with Crippen LogP contribution in [0.1, 0.15) is 19.3 Å². The minimum Gasteiger partial charge on any atom is -0.378 e. The van der Waals surface area contributed by atoms with E-state index in [0.29, 0.717) is 30.0 Å². The van der Waals surface area contributed by atoms with E-state index in [4.69, 9.17) is 4.74 Å². The van der Waals surface area contributed by atoms with Crippen molar-refractivity contribution >= 4 is 11.7 Å². The molecule has 2 aromatic heterocycles. The fraction of sp³-hybridized carbons (Fsp3) is 0.471. The van der Waals surface area contributed by atoms with Gasteiger partial charge in [0.05, 0.1) is 23.7 Å². The molecule has 3 rings (SSSR count). The number of alkyl halides is 3. The first kappa shape index (κ1) is 19.2. The van der Waals surface area contributed by atoms with Crippen LogP contribution >= 0.6 is 0 Å². The van der Waals surface area contributed by atoms with Crippen LogP contribution in [-0.4, -0.2) is 45.7 Å². The summed E-state index contributed by atoms with van der Waals surface area (Å²) < 4.78 is 46.7. The van der Waals surface area contributed by atoms with Crippen LogP contribution in [0.15, 0.2) is 30.7 Å². The monoisotopic (exact) mass is 383 g/mol. The third-order valence-electron chi connectivity index (χ3n) is 4.26. The molecular weight excluding hydrogens is 363 g/mol. The zero-order chi connectivity index (χ0) is 19.4. The van der Waals surface area contributed by atoms with Crippen LogP contribution in [0.4, 0.5) is 23.7 Å². The Hall–Kier alpha value is -2.62. The molecule has 2 atom stereocenters. The first-order valence-electron chi connectivity index (χ1n) is 8.53. The Kier molecular flexibility index (Phi) is 5.64. The van der Waals surface area contributed by atoms with Gasteiger partial charge in [-0.1, -0.05) is 0 Å².